The lowest BCUT2D eigenvalue weighted by molar-refractivity contribution is 0.415. The summed E-state index contributed by atoms with van der Waals surface area (Å²) in [6.45, 7) is 0. The lowest BCUT2D eigenvalue weighted by atomic mass is 10.3. The third-order valence-electron chi connectivity index (χ3n) is 3.23. The summed E-state index contributed by atoms with van der Waals surface area (Å²) < 4.78 is 7.59. The molecular weight excluding hydrogens is 398 g/mol. The van der Waals surface area contributed by atoms with E-state index >= 15 is 0 Å². The number of nitrogens with zero attached hydrogens (tertiary/aromatic N) is 1. The molecule has 0 unspecified atom stereocenters. The summed E-state index contributed by atoms with van der Waals surface area (Å²) in [4.78, 5) is 8.51. The second-order valence-corrected chi connectivity index (χ2v) is 9.20. The summed E-state index contributed by atoms with van der Waals surface area (Å²) in [5, 5.41) is 1.06. The van der Waals surface area contributed by atoms with Crippen LogP contribution in [0.5, 0.6) is 5.75 Å². The van der Waals surface area contributed by atoms with Crippen molar-refractivity contribution in [1.29, 1.82) is 0 Å². The van der Waals surface area contributed by atoms with Gasteiger partial charge in [0.05, 0.1) is 26.0 Å². The molecule has 0 saturated carbocycles. The maximum absolute atomic E-state index is 5.28. The number of thiazole rings is 1. The third kappa shape index (κ3) is 2.60. The van der Waals surface area contributed by atoms with E-state index in [1.54, 1.807) is 41.1 Å². The number of aromatic nitrogens is 1. The van der Waals surface area contributed by atoms with Crippen LogP contribution in [0.1, 0.15) is 0 Å². The van der Waals surface area contributed by atoms with E-state index in [4.69, 9.17) is 9.72 Å². The number of hydrogen-bond acceptors (Lipinski definition) is 5. The van der Waals surface area contributed by atoms with Crippen LogP contribution < -0.4 is 4.74 Å². The minimum Gasteiger partial charge on any atom is -0.497 e. The van der Waals surface area contributed by atoms with Gasteiger partial charge in [0.2, 0.25) is 0 Å². The maximum Gasteiger partial charge on any atom is 0.134 e. The number of hydrogen-bond donors (Lipinski definition) is 0. The first-order valence-corrected chi connectivity index (χ1v) is 9.78. The standard InChI is InChI=1S/C16H10BrNOS3/c1-19-9-2-3-10-14(8-9)22-16(18-10)13-5-4-11(20-13)12-6-7-15(17)21-12/h2-8H,1H3. The van der Waals surface area contributed by atoms with Crippen LogP contribution in [0, 0.1) is 0 Å². The molecule has 1 aromatic carbocycles. The highest BCUT2D eigenvalue weighted by Crippen LogP contribution is 2.41. The molecule has 0 aliphatic rings. The SMILES string of the molecule is COc1ccc2nc(-c3ccc(-c4ccc(Br)s4)s3)sc2c1. The fourth-order valence-electron chi connectivity index (χ4n) is 2.17. The third-order valence-corrected chi connectivity index (χ3v) is 7.32. The molecule has 0 aliphatic carbocycles. The number of halogens is 1. The molecule has 0 atom stereocenters. The van der Waals surface area contributed by atoms with E-state index in [0.717, 1.165) is 24.8 Å². The first-order chi connectivity index (χ1) is 10.7. The van der Waals surface area contributed by atoms with Gasteiger partial charge >= 0.3 is 0 Å². The van der Waals surface area contributed by atoms with Gasteiger partial charge in [0, 0.05) is 9.75 Å². The minimum atomic E-state index is 0.873. The molecule has 6 heteroatoms. The first-order valence-electron chi connectivity index (χ1n) is 6.53. The Kier molecular flexibility index (Phi) is 3.78. The smallest absolute Gasteiger partial charge is 0.134 e. The molecular formula is C16H10BrNOS3. The van der Waals surface area contributed by atoms with Crippen LogP contribution in [0.4, 0.5) is 0 Å². The second kappa shape index (κ2) is 5.77. The quantitative estimate of drug-likeness (QED) is 0.385. The van der Waals surface area contributed by atoms with Crippen molar-refractivity contribution in [1.82, 2.24) is 4.98 Å². The van der Waals surface area contributed by atoms with Crippen LogP contribution in [0.15, 0.2) is 46.3 Å². The van der Waals surface area contributed by atoms with Crippen molar-refractivity contribution >= 4 is 60.2 Å². The average molecular weight is 408 g/mol. The van der Waals surface area contributed by atoms with Gasteiger partial charge in [0.15, 0.2) is 0 Å². The minimum absolute atomic E-state index is 0.873. The summed E-state index contributed by atoms with van der Waals surface area (Å²) in [6, 6.07) is 14.6. The van der Waals surface area contributed by atoms with Crippen LogP contribution in [-0.4, -0.2) is 12.1 Å². The lowest BCUT2D eigenvalue weighted by Crippen LogP contribution is -1.80. The van der Waals surface area contributed by atoms with E-state index in [2.05, 4.69) is 40.2 Å². The van der Waals surface area contributed by atoms with Crippen LogP contribution >= 0.6 is 49.9 Å². The van der Waals surface area contributed by atoms with Gasteiger partial charge in [0.25, 0.3) is 0 Å². The van der Waals surface area contributed by atoms with E-state index in [1.165, 1.54) is 14.6 Å². The number of methoxy groups -OCH3 is 1. The zero-order valence-electron chi connectivity index (χ0n) is 11.5. The van der Waals surface area contributed by atoms with E-state index in [0.29, 0.717) is 0 Å². The predicted octanol–water partition coefficient (Wildman–Crippen LogP) is 6.52. The maximum atomic E-state index is 5.28. The Balaban J connectivity index is 1.74. The van der Waals surface area contributed by atoms with Gasteiger partial charge < -0.3 is 4.74 Å². The number of ether oxygens (including phenoxy) is 1. The number of fused-ring (bicyclic) bond motifs is 1. The topological polar surface area (TPSA) is 22.1 Å². The first kappa shape index (κ1) is 14.4. The van der Waals surface area contributed by atoms with Crippen molar-refractivity contribution in [2.45, 2.75) is 0 Å². The highest BCUT2D eigenvalue weighted by molar-refractivity contribution is 9.11. The average Bonchev–Trinajstić information content (AvgIpc) is 3.24. The van der Waals surface area contributed by atoms with Gasteiger partial charge in [-0.3, -0.25) is 0 Å². The van der Waals surface area contributed by atoms with Crippen molar-refractivity contribution < 1.29 is 4.74 Å². The molecule has 110 valence electrons. The molecule has 4 aromatic rings. The van der Waals surface area contributed by atoms with Crippen molar-refractivity contribution in [3.63, 3.8) is 0 Å². The molecule has 0 bridgehead atoms. The summed E-state index contributed by atoms with van der Waals surface area (Å²) in [5.41, 5.74) is 1.02. The zero-order valence-corrected chi connectivity index (χ0v) is 15.5. The molecule has 0 fully saturated rings. The van der Waals surface area contributed by atoms with Crippen LogP contribution in [0.3, 0.4) is 0 Å². The molecule has 0 N–H and O–H groups in total. The monoisotopic (exact) mass is 407 g/mol. The molecule has 2 nitrogen and oxygen atoms in total. The Morgan fingerprint density at radius 1 is 0.909 bits per heavy atom. The van der Waals surface area contributed by atoms with E-state index in [9.17, 15) is 0 Å². The van der Waals surface area contributed by atoms with Gasteiger partial charge in [-0.2, -0.15) is 0 Å². The summed E-state index contributed by atoms with van der Waals surface area (Å²) in [5.74, 6) is 0.873. The number of thiophene rings is 2. The fourth-order valence-corrected chi connectivity index (χ4v) is 5.70. The molecule has 0 radical (unpaired) electrons. The molecule has 4 rings (SSSR count). The van der Waals surface area contributed by atoms with Crippen molar-refractivity contribution in [2.75, 3.05) is 7.11 Å². The van der Waals surface area contributed by atoms with Crippen LogP contribution in [-0.2, 0) is 0 Å². The number of rotatable bonds is 3. The molecule has 3 heterocycles. The van der Waals surface area contributed by atoms with E-state index in [-0.39, 0.29) is 0 Å². The Bertz CT molecular complexity index is 953. The van der Waals surface area contributed by atoms with Gasteiger partial charge in [-0.25, -0.2) is 4.98 Å². The van der Waals surface area contributed by atoms with E-state index in [1.807, 2.05) is 18.2 Å². The van der Waals surface area contributed by atoms with Crippen molar-refractivity contribution in [3.05, 3.63) is 46.3 Å². The summed E-state index contributed by atoms with van der Waals surface area (Å²) >= 11 is 8.76. The summed E-state index contributed by atoms with van der Waals surface area (Å²) in [7, 11) is 1.69. The molecule has 22 heavy (non-hydrogen) atoms. The Morgan fingerprint density at radius 3 is 2.45 bits per heavy atom. The highest BCUT2D eigenvalue weighted by atomic mass is 79.9. The zero-order chi connectivity index (χ0) is 15.1. The van der Waals surface area contributed by atoms with Crippen LogP contribution in [0.2, 0.25) is 0 Å². The normalized spacial score (nSPS) is 11.2. The molecule has 0 aliphatic heterocycles. The van der Waals surface area contributed by atoms with Gasteiger partial charge in [0.1, 0.15) is 10.8 Å². The second-order valence-electron chi connectivity index (χ2n) is 4.62. The van der Waals surface area contributed by atoms with Gasteiger partial charge in [-0.15, -0.1) is 34.0 Å². The lowest BCUT2D eigenvalue weighted by Gasteiger charge is -1.96. The highest BCUT2D eigenvalue weighted by Gasteiger charge is 2.11. The van der Waals surface area contributed by atoms with E-state index < -0.39 is 0 Å². The largest absolute Gasteiger partial charge is 0.497 e. The predicted molar refractivity (Wildman–Crippen MR) is 100 cm³/mol. The summed E-state index contributed by atoms with van der Waals surface area (Å²) in [6.07, 6.45) is 0. The van der Waals surface area contributed by atoms with Gasteiger partial charge in [-0.1, -0.05) is 0 Å². The fraction of sp³-hybridized carbons (Fsp3) is 0.0625. The molecule has 0 spiro atoms. The van der Waals surface area contributed by atoms with Crippen molar-refractivity contribution in [2.24, 2.45) is 0 Å². The Morgan fingerprint density at radius 2 is 1.68 bits per heavy atom. The molecule has 3 aromatic heterocycles. The molecule has 0 saturated heterocycles. The Labute approximate surface area is 148 Å². The van der Waals surface area contributed by atoms with Gasteiger partial charge in [-0.05, 0) is 58.4 Å². The van der Waals surface area contributed by atoms with Crippen molar-refractivity contribution in [3.8, 4) is 25.4 Å². The number of benzene rings is 1. The van der Waals surface area contributed by atoms with Crippen LogP contribution in [0.25, 0.3) is 29.9 Å². The molecule has 0 amide bonds. The Hall–Kier alpha value is -1.21.